The van der Waals surface area contributed by atoms with Gasteiger partial charge in [-0.2, -0.15) is 15.2 Å². The van der Waals surface area contributed by atoms with E-state index in [4.69, 9.17) is 11.5 Å². The Morgan fingerprint density at radius 2 is 2.03 bits per heavy atom. The number of benzene rings is 1. The van der Waals surface area contributed by atoms with Crippen molar-refractivity contribution in [2.24, 2.45) is 0 Å². The maximum atomic E-state index is 13.8. The Hall–Kier alpha value is -4.59. The lowest BCUT2D eigenvalue weighted by atomic mass is 10.2. The van der Waals surface area contributed by atoms with E-state index < -0.39 is 11.4 Å². The first-order valence-corrected chi connectivity index (χ1v) is 9.18. The molecule has 10 nitrogen and oxygen atoms in total. The Morgan fingerprint density at radius 1 is 1.23 bits per heavy atom. The largest absolute Gasteiger partial charge is 0.382 e. The van der Waals surface area contributed by atoms with Crippen LogP contribution in [0.2, 0.25) is 0 Å². The van der Waals surface area contributed by atoms with Crippen LogP contribution in [0.15, 0.2) is 47.5 Å². The molecule has 0 fully saturated rings. The SMILES string of the molecule is CCN(c1nc(N)nc(N)c1C#N)c1nc2ccc(F)cc2c(=O)n1-c1cccnc1. The molecule has 4 rings (SSSR count). The molecule has 0 atom stereocenters. The Labute approximate surface area is 175 Å². The second kappa shape index (κ2) is 7.68. The van der Waals surface area contributed by atoms with E-state index in [1.54, 1.807) is 25.3 Å². The van der Waals surface area contributed by atoms with Gasteiger partial charge < -0.3 is 11.5 Å². The highest BCUT2D eigenvalue weighted by Gasteiger charge is 2.24. The number of hydrogen-bond acceptors (Lipinski definition) is 9. The number of nitrogens with two attached hydrogens (primary N) is 2. The zero-order chi connectivity index (χ0) is 22.1. The molecule has 0 radical (unpaired) electrons. The number of aromatic nitrogens is 5. The van der Waals surface area contributed by atoms with Gasteiger partial charge in [0.2, 0.25) is 11.9 Å². The molecule has 4 N–H and O–H groups in total. The fourth-order valence-electron chi connectivity index (χ4n) is 3.22. The average molecular weight is 417 g/mol. The summed E-state index contributed by atoms with van der Waals surface area (Å²) in [6.45, 7) is 2.04. The van der Waals surface area contributed by atoms with Gasteiger partial charge in [-0.05, 0) is 37.3 Å². The third kappa shape index (κ3) is 3.36. The highest BCUT2D eigenvalue weighted by molar-refractivity contribution is 5.81. The van der Waals surface area contributed by atoms with Crippen LogP contribution in [0.25, 0.3) is 16.6 Å². The normalized spacial score (nSPS) is 10.7. The molecule has 0 saturated heterocycles. The maximum absolute atomic E-state index is 13.8. The minimum atomic E-state index is -0.563. The van der Waals surface area contributed by atoms with Crippen molar-refractivity contribution in [2.45, 2.75) is 6.92 Å². The van der Waals surface area contributed by atoms with Crippen LogP contribution in [0.4, 0.5) is 27.9 Å². The molecule has 31 heavy (non-hydrogen) atoms. The van der Waals surface area contributed by atoms with E-state index in [1.807, 2.05) is 6.07 Å². The van der Waals surface area contributed by atoms with Crippen molar-refractivity contribution in [3.63, 3.8) is 0 Å². The number of fused-ring (bicyclic) bond motifs is 1. The van der Waals surface area contributed by atoms with Gasteiger partial charge in [0.05, 0.1) is 22.8 Å². The summed E-state index contributed by atoms with van der Waals surface area (Å²) in [6.07, 6.45) is 3.03. The van der Waals surface area contributed by atoms with Gasteiger partial charge in [0, 0.05) is 12.7 Å². The topological polar surface area (TPSA) is 153 Å². The number of nitrogen functional groups attached to an aromatic ring is 2. The van der Waals surface area contributed by atoms with Gasteiger partial charge in [0.15, 0.2) is 5.82 Å². The van der Waals surface area contributed by atoms with E-state index in [-0.39, 0.29) is 46.5 Å². The summed E-state index contributed by atoms with van der Waals surface area (Å²) < 4.78 is 15.1. The molecular weight excluding hydrogens is 401 g/mol. The Morgan fingerprint density at radius 3 is 2.71 bits per heavy atom. The lowest BCUT2D eigenvalue weighted by Crippen LogP contribution is -2.31. The van der Waals surface area contributed by atoms with Crippen molar-refractivity contribution in [3.05, 3.63) is 64.5 Å². The van der Waals surface area contributed by atoms with Crippen molar-refractivity contribution in [1.29, 1.82) is 5.26 Å². The molecule has 0 spiro atoms. The van der Waals surface area contributed by atoms with Crippen molar-refractivity contribution < 1.29 is 4.39 Å². The highest BCUT2D eigenvalue weighted by Crippen LogP contribution is 2.30. The van der Waals surface area contributed by atoms with Crippen LogP contribution in [0.5, 0.6) is 0 Å². The summed E-state index contributed by atoms with van der Waals surface area (Å²) in [5.41, 5.74) is 11.8. The summed E-state index contributed by atoms with van der Waals surface area (Å²) in [7, 11) is 0. The van der Waals surface area contributed by atoms with Crippen molar-refractivity contribution >= 4 is 34.4 Å². The molecule has 0 aliphatic carbocycles. The zero-order valence-electron chi connectivity index (χ0n) is 16.3. The number of nitrogens with zero attached hydrogens (tertiary/aromatic N) is 7. The minimum absolute atomic E-state index is 0.0118. The Bertz CT molecular complexity index is 1400. The van der Waals surface area contributed by atoms with Crippen LogP contribution < -0.4 is 21.9 Å². The second-order valence-electron chi connectivity index (χ2n) is 6.45. The van der Waals surface area contributed by atoms with Crippen LogP contribution in [0.3, 0.4) is 0 Å². The number of nitriles is 1. The monoisotopic (exact) mass is 417 g/mol. The van der Waals surface area contributed by atoms with Crippen LogP contribution in [-0.2, 0) is 0 Å². The van der Waals surface area contributed by atoms with Crippen molar-refractivity contribution in [3.8, 4) is 11.8 Å². The summed E-state index contributed by atoms with van der Waals surface area (Å²) in [4.78, 5) is 31.6. The van der Waals surface area contributed by atoms with Gasteiger partial charge in [0.1, 0.15) is 23.3 Å². The summed E-state index contributed by atoms with van der Waals surface area (Å²) >= 11 is 0. The predicted molar refractivity (Wildman–Crippen MR) is 113 cm³/mol. The van der Waals surface area contributed by atoms with E-state index in [2.05, 4.69) is 19.9 Å². The van der Waals surface area contributed by atoms with Crippen LogP contribution >= 0.6 is 0 Å². The van der Waals surface area contributed by atoms with Gasteiger partial charge in [-0.3, -0.25) is 14.7 Å². The molecule has 0 unspecified atom stereocenters. The quantitative estimate of drug-likeness (QED) is 0.507. The first-order chi connectivity index (χ1) is 14.9. The molecule has 0 aliphatic heterocycles. The molecule has 11 heteroatoms. The molecule has 0 bridgehead atoms. The smallest absolute Gasteiger partial charge is 0.267 e. The maximum Gasteiger partial charge on any atom is 0.267 e. The van der Waals surface area contributed by atoms with Crippen molar-refractivity contribution in [1.82, 2.24) is 24.5 Å². The van der Waals surface area contributed by atoms with Crippen LogP contribution in [-0.4, -0.2) is 31.0 Å². The van der Waals surface area contributed by atoms with Gasteiger partial charge in [-0.15, -0.1) is 0 Å². The molecular formula is C20H16FN9O. The number of hydrogen-bond donors (Lipinski definition) is 2. The van der Waals surface area contributed by atoms with Gasteiger partial charge in [-0.1, -0.05) is 0 Å². The number of pyridine rings is 1. The van der Waals surface area contributed by atoms with Gasteiger partial charge in [0.25, 0.3) is 5.56 Å². The standard InChI is InChI=1S/C20H16FN9O/c1-2-29(17-14(9-22)16(23)27-19(24)28-17)20-26-15-6-5-11(21)8-13(15)18(31)30(20)12-4-3-7-25-10-12/h3-8,10H,2H2,1H3,(H4,23,24,27,28). The molecule has 154 valence electrons. The summed E-state index contributed by atoms with van der Waals surface area (Å²) in [6, 6.07) is 9.03. The van der Waals surface area contributed by atoms with E-state index in [0.29, 0.717) is 5.69 Å². The number of anilines is 4. The fraction of sp³-hybridized carbons (Fsp3) is 0.100. The fourth-order valence-corrected chi connectivity index (χ4v) is 3.22. The molecule has 1 aromatic carbocycles. The zero-order valence-corrected chi connectivity index (χ0v) is 16.3. The Balaban J connectivity index is 2.11. The molecule has 0 saturated carbocycles. The summed E-state index contributed by atoms with van der Waals surface area (Å²) in [5, 5.41) is 9.70. The number of halogens is 1. The molecule has 4 aromatic rings. The molecule has 0 aliphatic rings. The second-order valence-corrected chi connectivity index (χ2v) is 6.45. The lowest BCUT2D eigenvalue weighted by Gasteiger charge is -2.25. The van der Waals surface area contributed by atoms with Crippen molar-refractivity contribution in [2.75, 3.05) is 22.9 Å². The third-order valence-corrected chi connectivity index (χ3v) is 4.58. The lowest BCUT2D eigenvalue weighted by molar-refractivity contribution is 0.629. The van der Waals surface area contributed by atoms with E-state index in [0.717, 1.165) is 6.07 Å². The Kier molecular flexibility index (Phi) is 4.88. The minimum Gasteiger partial charge on any atom is -0.382 e. The van der Waals surface area contributed by atoms with Gasteiger partial charge >= 0.3 is 0 Å². The van der Waals surface area contributed by atoms with E-state index in [1.165, 1.54) is 27.8 Å². The molecule has 3 heterocycles. The predicted octanol–water partition coefficient (Wildman–Crippen LogP) is 1.90. The summed E-state index contributed by atoms with van der Waals surface area (Å²) in [5.74, 6) is -0.563. The first kappa shape index (κ1) is 19.7. The van der Waals surface area contributed by atoms with Crippen LogP contribution in [0.1, 0.15) is 12.5 Å². The molecule has 0 amide bonds. The number of rotatable bonds is 4. The third-order valence-electron chi connectivity index (χ3n) is 4.58. The molecule has 3 aromatic heterocycles. The van der Waals surface area contributed by atoms with Crippen LogP contribution in [0, 0.1) is 17.1 Å². The van der Waals surface area contributed by atoms with E-state index in [9.17, 15) is 14.4 Å². The van der Waals surface area contributed by atoms with E-state index >= 15 is 0 Å². The van der Waals surface area contributed by atoms with Gasteiger partial charge in [-0.25, -0.2) is 13.9 Å². The highest BCUT2D eigenvalue weighted by atomic mass is 19.1. The first-order valence-electron chi connectivity index (χ1n) is 9.18. The average Bonchev–Trinajstić information content (AvgIpc) is 2.75.